The highest BCUT2D eigenvalue weighted by Crippen LogP contribution is 2.40. The van der Waals surface area contributed by atoms with Gasteiger partial charge in [-0.2, -0.15) is 0 Å². The van der Waals surface area contributed by atoms with Crippen LogP contribution >= 0.6 is 23.2 Å². The molecule has 0 amide bonds. The Kier molecular flexibility index (Phi) is 9.10. The second-order valence-electron chi connectivity index (χ2n) is 7.32. The van der Waals surface area contributed by atoms with Crippen LogP contribution in [0.25, 0.3) is 6.08 Å². The fraction of sp³-hybridized carbons (Fsp3) is 0.571. The maximum atomic E-state index is 10.5. The summed E-state index contributed by atoms with van der Waals surface area (Å²) in [7, 11) is 0. The zero-order chi connectivity index (χ0) is 19.8. The molecule has 2 rings (SSSR count). The van der Waals surface area contributed by atoms with Crippen LogP contribution in [0.4, 0.5) is 0 Å². The van der Waals surface area contributed by atoms with Crippen molar-refractivity contribution < 1.29 is 20.1 Å². The molecule has 3 N–H and O–H groups in total. The summed E-state index contributed by atoms with van der Waals surface area (Å²) in [5.41, 5.74) is 1.64. The number of aliphatic hydroxyl groups is 2. The van der Waals surface area contributed by atoms with E-state index in [1.807, 2.05) is 24.3 Å². The smallest absolute Gasteiger partial charge is 0.303 e. The molecule has 4 nitrogen and oxygen atoms in total. The van der Waals surface area contributed by atoms with Gasteiger partial charge in [-0.1, -0.05) is 43.0 Å². The highest BCUT2D eigenvalue weighted by Gasteiger charge is 2.39. The molecule has 1 fully saturated rings. The highest BCUT2D eigenvalue weighted by atomic mass is 35.5. The van der Waals surface area contributed by atoms with Gasteiger partial charge in [0.2, 0.25) is 0 Å². The van der Waals surface area contributed by atoms with Crippen molar-refractivity contribution in [2.45, 2.75) is 63.0 Å². The molecule has 1 aliphatic rings. The van der Waals surface area contributed by atoms with E-state index in [1.165, 1.54) is 0 Å². The Morgan fingerprint density at radius 2 is 1.93 bits per heavy atom. The van der Waals surface area contributed by atoms with Crippen molar-refractivity contribution in [3.63, 3.8) is 0 Å². The van der Waals surface area contributed by atoms with E-state index in [0.717, 1.165) is 36.8 Å². The topological polar surface area (TPSA) is 77.8 Å². The standard InChI is InChI=1S/C21H28Cl2O4/c22-16-10-14(9-15(11-16)13-24)7-8-18-17(19(23)12-20(18)25)5-3-1-2-4-6-21(26)27/h7-11,17-20,24-25H,1-6,12-13H2,(H,26,27)/b8-7+/t17-,18-,19-,20-/m1/s1. The third kappa shape index (κ3) is 7.11. The number of unbranched alkanes of at least 4 members (excludes halogenated alkanes) is 3. The number of rotatable bonds is 10. The maximum Gasteiger partial charge on any atom is 0.303 e. The van der Waals surface area contributed by atoms with Crippen LogP contribution in [-0.2, 0) is 11.4 Å². The van der Waals surface area contributed by atoms with Gasteiger partial charge in [0.1, 0.15) is 0 Å². The van der Waals surface area contributed by atoms with E-state index >= 15 is 0 Å². The van der Waals surface area contributed by atoms with E-state index in [0.29, 0.717) is 17.9 Å². The number of aliphatic carboxylic acids is 1. The third-order valence-corrected chi connectivity index (χ3v) is 5.94. The van der Waals surface area contributed by atoms with Crippen LogP contribution in [0.15, 0.2) is 24.3 Å². The molecule has 0 heterocycles. The van der Waals surface area contributed by atoms with Gasteiger partial charge in [0.15, 0.2) is 0 Å². The first-order valence-corrected chi connectivity index (χ1v) is 10.3. The summed E-state index contributed by atoms with van der Waals surface area (Å²) in [6.07, 6.45) is 8.79. The van der Waals surface area contributed by atoms with E-state index in [9.17, 15) is 15.0 Å². The number of carboxylic acid groups (broad SMARTS) is 1. The summed E-state index contributed by atoms with van der Waals surface area (Å²) in [4.78, 5) is 10.5. The second-order valence-corrected chi connectivity index (χ2v) is 8.31. The summed E-state index contributed by atoms with van der Waals surface area (Å²) >= 11 is 12.6. The molecule has 0 radical (unpaired) electrons. The number of hydrogen-bond donors (Lipinski definition) is 3. The van der Waals surface area contributed by atoms with Crippen molar-refractivity contribution in [2.75, 3.05) is 0 Å². The second kappa shape index (κ2) is 11.1. The molecule has 6 heteroatoms. The third-order valence-electron chi connectivity index (χ3n) is 5.22. The Hall–Kier alpha value is -1.07. The van der Waals surface area contributed by atoms with Crippen molar-refractivity contribution in [3.05, 3.63) is 40.4 Å². The fourth-order valence-electron chi connectivity index (χ4n) is 3.83. The molecular weight excluding hydrogens is 387 g/mol. The Balaban J connectivity index is 1.92. The van der Waals surface area contributed by atoms with Gasteiger partial charge in [-0.05, 0) is 54.5 Å². The first-order chi connectivity index (χ1) is 12.9. The summed E-state index contributed by atoms with van der Waals surface area (Å²) in [5.74, 6) is -0.553. The van der Waals surface area contributed by atoms with Crippen LogP contribution in [0.2, 0.25) is 5.02 Å². The predicted octanol–water partition coefficient (Wildman–Crippen LogP) is 4.88. The molecule has 1 aromatic carbocycles. The lowest BCUT2D eigenvalue weighted by molar-refractivity contribution is -0.137. The van der Waals surface area contributed by atoms with E-state index in [-0.39, 0.29) is 30.2 Å². The Bertz CT molecular complexity index is 647. The molecule has 4 atom stereocenters. The molecule has 0 spiro atoms. The SMILES string of the molecule is O=C(O)CCCCCC[C@@H]1[C@@H](/C=C/c2cc(Cl)cc(CO)c2)[C@H](O)C[C@H]1Cl. The van der Waals surface area contributed by atoms with Crippen molar-refractivity contribution in [2.24, 2.45) is 11.8 Å². The zero-order valence-corrected chi connectivity index (χ0v) is 16.9. The van der Waals surface area contributed by atoms with Crippen molar-refractivity contribution >= 4 is 35.2 Å². The summed E-state index contributed by atoms with van der Waals surface area (Å²) in [5, 5.41) is 28.9. The van der Waals surface area contributed by atoms with Crippen molar-refractivity contribution in [3.8, 4) is 0 Å². The van der Waals surface area contributed by atoms with Gasteiger partial charge in [0.25, 0.3) is 0 Å². The molecule has 0 aliphatic heterocycles. The first kappa shape index (κ1) is 22.2. The molecule has 1 aliphatic carbocycles. The quantitative estimate of drug-likeness (QED) is 0.376. The number of halogens is 2. The van der Waals surface area contributed by atoms with Crippen LogP contribution < -0.4 is 0 Å². The molecule has 0 unspecified atom stereocenters. The minimum Gasteiger partial charge on any atom is -0.481 e. The van der Waals surface area contributed by atoms with Crippen LogP contribution in [0.1, 0.15) is 56.1 Å². The van der Waals surface area contributed by atoms with Crippen LogP contribution in [0, 0.1) is 11.8 Å². The number of hydrogen-bond acceptors (Lipinski definition) is 3. The molecule has 150 valence electrons. The largest absolute Gasteiger partial charge is 0.481 e. The lowest BCUT2D eigenvalue weighted by Gasteiger charge is -2.20. The normalized spacial score (nSPS) is 25.3. The maximum absolute atomic E-state index is 10.5. The van der Waals surface area contributed by atoms with Crippen LogP contribution in [0.5, 0.6) is 0 Å². The average Bonchev–Trinajstić information content (AvgIpc) is 2.88. The van der Waals surface area contributed by atoms with Gasteiger partial charge < -0.3 is 15.3 Å². The van der Waals surface area contributed by atoms with Gasteiger partial charge in [-0.15, -0.1) is 11.6 Å². The van der Waals surface area contributed by atoms with E-state index in [2.05, 4.69) is 0 Å². The lowest BCUT2D eigenvalue weighted by Crippen LogP contribution is -2.18. The molecule has 0 aromatic heterocycles. The minimum atomic E-state index is -0.745. The summed E-state index contributed by atoms with van der Waals surface area (Å²) in [6.45, 7) is -0.0677. The van der Waals surface area contributed by atoms with Gasteiger partial charge in [0.05, 0.1) is 12.7 Å². The monoisotopic (exact) mass is 414 g/mol. The Morgan fingerprint density at radius 1 is 1.19 bits per heavy atom. The molecule has 1 saturated carbocycles. The van der Waals surface area contributed by atoms with Crippen LogP contribution in [-0.4, -0.2) is 32.8 Å². The lowest BCUT2D eigenvalue weighted by atomic mass is 9.88. The first-order valence-electron chi connectivity index (χ1n) is 9.53. The Morgan fingerprint density at radius 3 is 2.63 bits per heavy atom. The number of alkyl halides is 1. The van der Waals surface area contributed by atoms with E-state index < -0.39 is 12.1 Å². The number of benzene rings is 1. The van der Waals surface area contributed by atoms with E-state index in [1.54, 1.807) is 6.07 Å². The summed E-state index contributed by atoms with van der Waals surface area (Å²) < 4.78 is 0. The van der Waals surface area contributed by atoms with Crippen molar-refractivity contribution in [1.82, 2.24) is 0 Å². The van der Waals surface area contributed by atoms with Gasteiger partial charge in [0, 0.05) is 22.7 Å². The number of aliphatic hydroxyl groups excluding tert-OH is 2. The molecule has 1 aromatic rings. The minimum absolute atomic E-state index is 0.0110. The molecule has 0 saturated heterocycles. The summed E-state index contributed by atoms with van der Waals surface area (Å²) in [6, 6.07) is 5.43. The zero-order valence-electron chi connectivity index (χ0n) is 15.4. The molecule has 0 bridgehead atoms. The predicted molar refractivity (Wildman–Crippen MR) is 109 cm³/mol. The number of carbonyl (C=O) groups is 1. The van der Waals surface area contributed by atoms with Gasteiger partial charge in [-0.25, -0.2) is 0 Å². The van der Waals surface area contributed by atoms with E-state index in [4.69, 9.17) is 28.3 Å². The Labute approximate surface area is 170 Å². The molecule has 27 heavy (non-hydrogen) atoms. The van der Waals surface area contributed by atoms with Crippen molar-refractivity contribution in [1.29, 1.82) is 0 Å². The number of carboxylic acids is 1. The van der Waals surface area contributed by atoms with Gasteiger partial charge in [-0.3, -0.25) is 4.79 Å². The fourth-order valence-corrected chi connectivity index (χ4v) is 4.57. The average molecular weight is 415 g/mol. The van der Waals surface area contributed by atoms with Crippen LogP contribution in [0.3, 0.4) is 0 Å². The van der Waals surface area contributed by atoms with Gasteiger partial charge >= 0.3 is 5.97 Å². The molecular formula is C21H28Cl2O4. The highest BCUT2D eigenvalue weighted by molar-refractivity contribution is 6.30.